The summed E-state index contributed by atoms with van der Waals surface area (Å²) < 4.78 is 11.0. The second-order valence-electron chi connectivity index (χ2n) is 13.2. The van der Waals surface area contributed by atoms with E-state index in [1.165, 1.54) is 18.2 Å². The first-order valence-corrected chi connectivity index (χ1v) is 17.9. The van der Waals surface area contributed by atoms with E-state index in [0.717, 1.165) is 27.2 Å². The molecular weight excluding hydrogens is 714 g/mol. The first kappa shape index (κ1) is 38.2. The first-order chi connectivity index (χ1) is 26.5. The average Bonchev–Trinajstić information content (AvgIpc) is 3.63. The van der Waals surface area contributed by atoms with Gasteiger partial charge in [0.25, 0.3) is 17.7 Å². The van der Waals surface area contributed by atoms with E-state index in [1.807, 2.05) is 48.5 Å². The summed E-state index contributed by atoms with van der Waals surface area (Å²) in [6, 6.07) is 17.5. The number of benzene rings is 3. The van der Waals surface area contributed by atoms with Crippen LogP contribution in [0.2, 0.25) is 0 Å². The van der Waals surface area contributed by atoms with Crippen LogP contribution >= 0.6 is 0 Å². The Morgan fingerprint density at radius 2 is 1.45 bits per heavy atom. The van der Waals surface area contributed by atoms with Crippen molar-refractivity contribution in [3.8, 4) is 16.9 Å². The molecule has 2 heterocycles. The van der Waals surface area contributed by atoms with Gasteiger partial charge in [-0.2, -0.15) is 0 Å². The number of carbonyl (C=O) groups is 8. The smallest absolute Gasteiger partial charge is 0.407 e. The molecule has 7 amide bonds. The van der Waals surface area contributed by atoms with E-state index in [9.17, 15) is 43.5 Å². The molecule has 6 rings (SSSR count). The summed E-state index contributed by atoms with van der Waals surface area (Å²) in [6.45, 7) is 0.0720. The Kier molecular flexibility index (Phi) is 11.8. The van der Waals surface area contributed by atoms with Crippen LogP contribution in [-0.2, 0) is 28.7 Å². The quantitative estimate of drug-likeness (QED) is 0.105. The number of ether oxygens (including phenoxy) is 2. The van der Waals surface area contributed by atoms with Crippen molar-refractivity contribution < 1.29 is 52.9 Å². The Labute approximate surface area is 314 Å². The van der Waals surface area contributed by atoms with Gasteiger partial charge in [-0.15, -0.1) is 0 Å². The van der Waals surface area contributed by atoms with Crippen molar-refractivity contribution in [3.63, 3.8) is 0 Å². The molecule has 55 heavy (non-hydrogen) atoms. The Bertz CT molecular complexity index is 2000. The molecule has 16 nitrogen and oxygen atoms in total. The van der Waals surface area contributed by atoms with Crippen LogP contribution < -0.4 is 26.0 Å². The molecule has 286 valence electrons. The van der Waals surface area contributed by atoms with Crippen molar-refractivity contribution in [1.82, 2.24) is 26.2 Å². The number of carboxylic acids is 1. The molecule has 1 aliphatic carbocycles. The number of imide groups is 2. The lowest BCUT2D eigenvalue weighted by atomic mass is 9.98. The van der Waals surface area contributed by atoms with Crippen molar-refractivity contribution in [2.75, 3.05) is 26.3 Å². The van der Waals surface area contributed by atoms with Crippen molar-refractivity contribution in [2.24, 2.45) is 0 Å². The Balaban J connectivity index is 0.862. The zero-order chi connectivity index (χ0) is 39.1. The number of nitrogens with zero attached hydrogens (tertiary/aromatic N) is 1. The van der Waals surface area contributed by atoms with Gasteiger partial charge in [0, 0.05) is 31.8 Å². The van der Waals surface area contributed by atoms with Crippen LogP contribution in [-0.4, -0.2) is 95.9 Å². The highest BCUT2D eigenvalue weighted by molar-refractivity contribution is 6.24. The SMILES string of the molecule is O=C(CC[C@H](NC(=O)OCC1c2ccccc2-c2ccccc21)C(=O)O)NCCCCNC(=O)COc1cccc2c1C(=O)N(C1CCC(=O)NC1=O)C2=O. The molecule has 2 aliphatic heterocycles. The van der Waals surface area contributed by atoms with Crippen LogP contribution in [0.3, 0.4) is 0 Å². The second-order valence-corrected chi connectivity index (χ2v) is 13.2. The van der Waals surface area contributed by atoms with Crippen molar-refractivity contribution in [2.45, 2.75) is 56.5 Å². The molecule has 1 fully saturated rings. The third-order valence-electron chi connectivity index (χ3n) is 9.63. The monoisotopic (exact) mass is 753 g/mol. The number of hydrogen-bond acceptors (Lipinski definition) is 10. The third-order valence-corrected chi connectivity index (χ3v) is 9.63. The van der Waals surface area contributed by atoms with Gasteiger partial charge in [0.1, 0.15) is 24.4 Å². The number of amides is 7. The number of nitrogens with one attached hydrogen (secondary N) is 4. The number of carboxylic acid groups (broad SMARTS) is 1. The van der Waals surface area contributed by atoms with Crippen molar-refractivity contribution in [1.29, 1.82) is 0 Å². The summed E-state index contributed by atoms with van der Waals surface area (Å²) in [6.07, 6.45) is -0.230. The van der Waals surface area contributed by atoms with Crippen LogP contribution in [0.5, 0.6) is 5.75 Å². The number of fused-ring (bicyclic) bond motifs is 4. The van der Waals surface area contributed by atoms with Gasteiger partial charge < -0.3 is 30.5 Å². The standard InChI is InChI=1S/C39H39N5O11/c45-31(16-14-28(38(51)52)42-39(53)55-20-27-24-10-3-1-8-22(24)23-9-2-4-11-25(23)27)40-18-5-6-19-41-33(47)21-54-30-13-7-12-26-34(30)37(50)44(36(26)49)29-15-17-32(46)43-35(29)48/h1-4,7-13,27-29H,5-6,14-21H2,(H,40,45)(H,41,47)(H,42,53)(H,51,52)(H,43,46,48)/t28-,29?/m0/s1. The Morgan fingerprint density at radius 3 is 2.11 bits per heavy atom. The van der Waals surface area contributed by atoms with E-state index in [1.54, 1.807) is 0 Å². The summed E-state index contributed by atoms with van der Waals surface area (Å²) in [5.41, 5.74) is 4.12. The molecule has 3 aromatic carbocycles. The largest absolute Gasteiger partial charge is 0.483 e. The molecule has 0 spiro atoms. The molecule has 3 aliphatic rings. The molecule has 16 heteroatoms. The van der Waals surface area contributed by atoms with Crippen LogP contribution in [0.15, 0.2) is 66.7 Å². The zero-order valence-corrected chi connectivity index (χ0v) is 29.6. The topological polar surface area (TPSA) is 227 Å². The van der Waals surface area contributed by atoms with E-state index in [4.69, 9.17) is 9.47 Å². The first-order valence-electron chi connectivity index (χ1n) is 17.9. The highest BCUT2D eigenvalue weighted by Crippen LogP contribution is 2.44. The van der Waals surface area contributed by atoms with E-state index in [-0.39, 0.29) is 68.2 Å². The minimum absolute atomic E-state index is 0.00197. The summed E-state index contributed by atoms with van der Waals surface area (Å²) >= 11 is 0. The molecule has 1 saturated heterocycles. The lowest BCUT2D eigenvalue weighted by Gasteiger charge is -2.27. The second kappa shape index (κ2) is 17.0. The van der Waals surface area contributed by atoms with Gasteiger partial charge in [0.05, 0.1) is 11.1 Å². The fraction of sp³-hybridized carbons (Fsp3) is 0.333. The normalized spacial score (nSPS) is 16.4. The van der Waals surface area contributed by atoms with Crippen LogP contribution in [0, 0.1) is 0 Å². The van der Waals surface area contributed by atoms with E-state index in [2.05, 4.69) is 21.3 Å². The highest BCUT2D eigenvalue weighted by atomic mass is 16.5. The van der Waals surface area contributed by atoms with Gasteiger partial charge in [-0.25, -0.2) is 9.59 Å². The lowest BCUT2D eigenvalue weighted by Crippen LogP contribution is -2.54. The van der Waals surface area contributed by atoms with Gasteiger partial charge in [-0.05, 0) is 60.1 Å². The average molecular weight is 754 g/mol. The summed E-state index contributed by atoms with van der Waals surface area (Å²) in [5.74, 6) is -5.05. The fourth-order valence-corrected chi connectivity index (χ4v) is 6.91. The molecular formula is C39H39N5O11. The molecule has 0 aromatic heterocycles. The van der Waals surface area contributed by atoms with Crippen LogP contribution in [0.4, 0.5) is 4.79 Å². The minimum Gasteiger partial charge on any atom is -0.483 e. The van der Waals surface area contributed by atoms with Gasteiger partial charge in [-0.1, -0.05) is 54.6 Å². The Hall–Kier alpha value is -6.58. The number of alkyl carbamates (subject to hydrolysis) is 1. The maximum absolute atomic E-state index is 13.2. The van der Waals surface area contributed by atoms with Gasteiger partial charge in [0.15, 0.2) is 6.61 Å². The number of hydrogen-bond donors (Lipinski definition) is 5. The van der Waals surface area contributed by atoms with Gasteiger partial charge >= 0.3 is 12.1 Å². The molecule has 2 atom stereocenters. The summed E-state index contributed by atoms with van der Waals surface area (Å²) in [7, 11) is 0. The van der Waals surface area contributed by atoms with Crippen molar-refractivity contribution >= 4 is 47.5 Å². The Morgan fingerprint density at radius 1 is 0.818 bits per heavy atom. The van der Waals surface area contributed by atoms with Crippen LogP contribution in [0.25, 0.3) is 11.1 Å². The fourth-order valence-electron chi connectivity index (χ4n) is 6.91. The number of carbonyl (C=O) groups excluding carboxylic acids is 7. The van der Waals surface area contributed by atoms with Crippen LogP contribution in [0.1, 0.15) is 76.3 Å². The summed E-state index contributed by atoms with van der Waals surface area (Å²) in [5, 5.41) is 19.5. The number of unbranched alkanes of at least 4 members (excludes halogenated alkanes) is 1. The van der Waals surface area contributed by atoms with E-state index >= 15 is 0 Å². The highest BCUT2D eigenvalue weighted by Gasteiger charge is 2.46. The van der Waals surface area contributed by atoms with Gasteiger partial charge in [0.2, 0.25) is 17.7 Å². The predicted molar refractivity (Wildman–Crippen MR) is 193 cm³/mol. The molecule has 1 unspecified atom stereocenters. The van der Waals surface area contributed by atoms with Crippen molar-refractivity contribution in [3.05, 3.63) is 89.0 Å². The lowest BCUT2D eigenvalue weighted by molar-refractivity contribution is -0.140. The maximum Gasteiger partial charge on any atom is 0.407 e. The molecule has 5 N–H and O–H groups in total. The van der Waals surface area contributed by atoms with Gasteiger partial charge in [-0.3, -0.25) is 39.0 Å². The maximum atomic E-state index is 13.2. The third kappa shape index (κ3) is 8.64. The molecule has 0 bridgehead atoms. The van der Waals surface area contributed by atoms with E-state index < -0.39 is 66.2 Å². The number of rotatable bonds is 16. The molecule has 0 radical (unpaired) electrons. The zero-order valence-electron chi connectivity index (χ0n) is 29.6. The summed E-state index contributed by atoms with van der Waals surface area (Å²) in [4.78, 5) is 100. The number of piperidine rings is 1. The molecule has 3 aromatic rings. The predicted octanol–water partition coefficient (Wildman–Crippen LogP) is 2.25. The minimum atomic E-state index is -1.33. The van der Waals surface area contributed by atoms with E-state index in [0.29, 0.717) is 12.8 Å². The number of aliphatic carboxylic acids is 1. The molecule has 0 saturated carbocycles.